The number of aryl methyl sites for hydroxylation is 2. The Morgan fingerprint density at radius 3 is 2.71 bits per heavy atom. The first-order valence-corrected chi connectivity index (χ1v) is 17.6. The second-order valence-electron chi connectivity index (χ2n) is 13.8. The zero-order valence-corrected chi connectivity index (χ0v) is 29.8. The molecular formula is C39H43FN8O3. The van der Waals surface area contributed by atoms with Crippen LogP contribution in [-0.2, 0) is 9.53 Å². The van der Waals surface area contributed by atoms with Crippen LogP contribution in [0.3, 0.4) is 0 Å². The number of nitriles is 1. The molecule has 1 amide bonds. The Bertz CT molecular complexity index is 2190. The largest absolute Gasteiger partial charge is 0.471 e. The molecule has 51 heavy (non-hydrogen) atoms. The van der Waals surface area contributed by atoms with Gasteiger partial charge >= 0.3 is 0 Å². The van der Waals surface area contributed by atoms with Crippen LogP contribution in [0, 0.1) is 31.0 Å². The molecule has 2 aliphatic rings. The highest BCUT2D eigenvalue weighted by atomic mass is 19.1. The van der Waals surface area contributed by atoms with Gasteiger partial charge in [0, 0.05) is 65.6 Å². The Balaban J connectivity index is 1.38. The standard InChI is InChI=1S/C39H43FN8O3/c1-23-20-30-36(35(40)34(23)31-22-42-24(2)28-10-6-7-11-29(28)31)43-39(51-25(3)32-12-8-17-46(32)4)37-38(30)48(45-44-37)27-15-18-47(26(21-27)14-16-41)33(49)13-9-19-50-5/h6-7,9-11,13,20,22,25-27,32H,8,12,14-15,17-19,21H2,1-5H3/b13-9+/t25-,26+,27-,32-/m0/s1. The number of hydrogen-bond acceptors (Lipinski definition) is 9. The second kappa shape index (κ2) is 14.3. The molecule has 0 spiro atoms. The van der Waals surface area contributed by atoms with Gasteiger partial charge in [0.15, 0.2) is 11.3 Å². The topological polar surface area (TPSA) is 122 Å². The first-order valence-electron chi connectivity index (χ1n) is 17.6. The van der Waals surface area contributed by atoms with Crippen molar-refractivity contribution in [2.45, 2.75) is 77.1 Å². The number of likely N-dealkylation sites (tertiary alicyclic amines) is 2. The molecule has 11 nitrogen and oxygen atoms in total. The molecule has 7 rings (SSSR count). The summed E-state index contributed by atoms with van der Waals surface area (Å²) in [4.78, 5) is 26.6. The Kier molecular flexibility index (Phi) is 9.68. The van der Waals surface area contributed by atoms with E-state index in [9.17, 15) is 10.1 Å². The molecule has 2 saturated heterocycles. The van der Waals surface area contributed by atoms with E-state index >= 15 is 4.39 Å². The first kappa shape index (κ1) is 34.5. The highest BCUT2D eigenvalue weighted by Gasteiger charge is 2.35. The number of halogens is 1. The van der Waals surface area contributed by atoms with E-state index in [2.05, 4.69) is 33.3 Å². The third-order valence-corrected chi connectivity index (χ3v) is 10.7. The van der Waals surface area contributed by atoms with Gasteiger partial charge < -0.3 is 14.4 Å². The molecule has 0 unspecified atom stereocenters. The van der Waals surface area contributed by atoms with Crippen LogP contribution in [0.4, 0.5) is 4.39 Å². The molecule has 5 heterocycles. The van der Waals surface area contributed by atoms with Gasteiger partial charge in [-0.3, -0.25) is 14.7 Å². The lowest BCUT2D eigenvalue weighted by molar-refractivity contribution is -0.130. The Labute approximate surface area is 296 Å². The number of rotatable bonds is 9. The summed E-state index contributed by atoms with van der Waals surface area (Å²) in [5.74, 6) is -0.382. The maximum Gasteiger partial charge on any atom is 0.246 e. The van der Waals surface area contributed by atoms with E-state index < -0.39 is 5.82 Å². The molecule has 0 N–H and O–H groups in total. The normalized spacial score (nSPS) is 20.5. The molecule has 3 aromatic heterocycles. The molecule has 264 valence electrons. The van der Waals surface area contributed by atoms with Crippen LogP contribution >= 0.6 is 0 Å². The summed E-state index contributed by atoms with van der Waals surface area (Å²) in [5.41, 5.74) is 3.99. The summed E-state index contributed by atoms with van der Waals surface area (Å²) >= 11 is 0. The Hall–Kier alpha value is -4.99. The van der Waals surface area contributed by atoms with Crippen molar-refractivity contribution in [3.63, 3.8) is 0 Å². The zero-order valence-electron chi connectivity index (χ0n) is 29.8. The van der Waals surface area contributed by atoms with Crippen LogP contribution in [0.25, 0.3) is 43.8 Å². The summed E-state index contributed by atoms with van der Waals surface area (Å²) in [7, 11) is 3.66. The average Bonchev–Trinajstić information content (AvgIpc) is 3.77. The average molecular weight is 691 g/mol. The molecule has 0 aliphatic carbocycles. The third kappa shape index (κ3) is 6.29. The van der Waals surface area contributed by atoms with Gasteiger partial charge in [-0.25, -0.2) is 14.1 Å². The molecule has 2 aromatic carbocycles. The van der Waals surface area contributed by atoms with Gasteiger partial charge in [0.1, 0.15) is 17.1 Å². The van der Waals surface area contributed by atoms with Gasteiger partial charge in [-0.1, -0.05) is 35.6 Å². The Morgan fingerprint density at radius 2 is 1.96 bits per heavy atom. The van der Waals surface area contributed by atoms with E-state index in [0.717, 1.165) is 41.4 Å². The van der Waals surface area contributed by atoms with Crippen LogP contribution in [0.2, 0.25) is 0 Å². The fraction of sp³-hybridized carbons (Fsp3) is 0.436. The van der Waals surface area contributed by atoms with Gasteiger partial charge in [0.25, 0.3) is 0 Å². The number of benzene rings is 2. The third-order valence-electron chi connectivity index (χ3n) is 10.7. The number of aromatic nitrogens is 5. The number of ether oxygens (including phenoxy) is 2. The molecule has 0 bridgehead atoms. The molecule has 0 saturated carbocycles. The van der Waals surface area contributed by atoms with Gasteiger partial charge in [0.05, 0.1) is 25.1 Å². The maximum absolute atomic E-state index is 17.3. The van der Waals surface area contributed by atoms with E-state index in [-0.39, 0.29) is 48.0 Å². The number of fused-ring (bicyclic) bond motifs is 4. The van der Waals surface area contributed by atoms with Crippen molar-refractivity contribution < 1.29 is 18.7 Å². The zero-order chi connectivity index (χ0) is 35.8. The molecule has 12 heteroatoms. The lowest BCUT2D eigenvalue weighted by Gasteiger charge is -2.38. The maximum atomic E-state index is 17.3. The van der Waals surface area contributed by atoms with Gasteiger partial charge in [-0.2, -0.15) is 5.26 Å². The lowest BCUT2D eigenvalue weighted by atomic mass is 9.93. The van der Waals surface area contributed by atoms with Crippen molar-refractivity contribution in [1.29, 1.82) is 5.26 Å². The second-order valence-corrected chi connectivity index (χ2v) is 13.8. The number of pyridine rings is 2. The molecular weight excluding hydrogens is 647 g/mol. The van der Waals surface area contributed by atoms with E-state index in [1.165, 1.54) is 6.08 Å². The number of carbonyl (C=O) groups excluding carboxylic acids is 1. The van der Waals surface area contributed by atoms with Crippen LogP contribution in [0.15, 0.2) is 48.7 Å². The van der Waals surface area contributed by atoms with Crippen LogP contribution in [0.5, 0.6) is 5.88 Å². The van der Waals surface area contributed by atoms with Crippen LogP contribution < -0.4 is 4.74 Å². The number of nitrogens with zero attached hydrogens (tertiary/aromatic N) is 8. The fourth-order valence-electron chi connectivity index (χ4n) is 8.07. The van der Waals surface area contributed by atoms with E-state index in [1.54, 1.807) is 24.3 Å². The molecule has 5 aromatic rings. The van der Waals surface area contributed by atoms with E-state index in [4.69, 9.17) is 14.5 Å². The number of carbonyl (C=O) groups is 1. The van der Waals surface area contributed by atoms with E-state index in [1.807, 2.05) is 55.8 Å². The van der Waals surface area contributed by atoms with Crippen LogP contribution in [0.1, 0.15) is 56.3 Å². The first-order chi connectivity index (χ1) is 24.7. The van der Waals surface area contributed by atoms with Crippen molar-refractivity contribution in [2.75, 3.05) is 33.9 Å². The van der Waals surface area contributed by atoms with Gasteiger partial charge in [-0.05, 0) is 77.1 Å². The summed E-state index contributed by atoms with van der Waals surface area (Å²) in [6.07, 6.45) is 7.99. The minimum Gasteiger partial charge on any atom is -0.471 e. The molecule has 2 fully saturated rings. The summed E-state index contributed by atoms with van der Waals surface area (Å²) in [5, 5.41) is 21.4. The highest BCUT2D eigenvalue weighted by Crippen LogP contribution is 2.41. The minimum absolute atomic E-state index is 0.159. The van der Waals surface area contributed by atoms with Crippen molar-refractivity contribution in [3.05, 3.63) is 65.8 Å². The number of methoxy groups -OCH3 is 1. The van der Waals surface area contributed by atoms with Crippen molar-refractivity contribution in [2.24, 2.45) is 0 Å². The van der Waals surface area contributed by atoms with E-state index in [0.29, 0.717) is 53.5 Å². The molecule has 4 atom stereocenters. The smallest absolute Gasteiger partial charge is 0.246 e. The highest BCUT2D eigenvalue weighted by molar-refractivity contribution is 6.08. The summed E-state index contributed by atoms with van der Waals surface area (Å²) in [6, 6.07) is 11.8. The number of hydrogen-bond donors (Lipinski definition) is 0. The summed E-state index contributed by atoms with van der Waals surface area (Å²) in [6.45, 7) is 7.62. The predicted octanol–water partition coefficient (Wildman–Crippen LogP) is 6.46. The quantitative estimate of drug-likeness (QED) is 0.160. The SMILES string of the molecule is COC/C=C/C(=O)N1CC[C@H](n2nnc3c(O[C@@H](C)[C@@H]4CCCN4C)nc4c(F)c(-c5cnc(C)c6ccccc56)c(C)cc4c32)C[C@H]1CC#N. The van der Waals surface area contributed by atoms with Crippen molar-refractivity contribution in [3.8, 4) is 23.1 Å². The van der Waals surface area contributed by atoms with Gasteiger partial charge in [0.2, 0.25) is 11.8 Å². The minimum atomic E-state index is -0.462. The molecule has 2 aliphatic heterocycles. The van der Waals surface area contributed by atoms with Crippen molar-refractivity contribution in [1.82, 2.24) is 34.8 Å². The number of likely N-dealkylation sites (N-methyl/N-ethyl adjacent to an activating group) is 1. The summed E-state index contributed by atoms with van der Waals surface area (Å²) < 4.78 is 30.8. The van der Waals surface area contributed by atoms with Crippen molar-refractivity contribution >= 4 is 38.6 Å². The monoisotopic (exact) mass is 690 g/mol. The lowest BCUT2D eigenvalue weighted by Crippen LogP contribution is -2.46. The van der Waals surface area contributed by atoms with Gasteiger partial charge in [-0.15, -0.1) is 5.10 Å². The number of amides is 1. The van der Waals surface area contributed by atoms with Crippen LogP contribution in [-0.4, -0.2) is 92.7 Å². The number of piperidine rings is 1. The Morgan fingerprint density at radius 1 is 1.16 bits per heavy atom. The predicted molar refractivity (Wildman–Crippen MR) is 194 cm³/mol. The molecule has 0 radical (unpaired) electrons. The fourth-order valence-corrected chi connectivity index (χ4v) is 8.07.